The second-order valence-electron chi connectivity index (χ2n) is 5.48. The van der Waals surface area contributed by atoms with Gasteiger partial charge >= 0.3 is 5.97 Å². The number of halogens is 1. The van der Waals surface area contributed by atoms with Gasteiger partial charge in [-0.2, -0.15) is 0 Å². The lowest BCUT2D eigenvalue weighted by atomic mass is 10.1. The largest absolute Gasteiger partial charge is 0.465 e. The lowest BCUT2D eigenvalue weighted by Crippen LogP contribution is -2.44. The second-order valence-corrected chi connectivity index (χ2v) is 7.98. The summed E-state index contributed by atoms with van der Waals surface area (Å²) in [5, 5.41) is -0.0632. The first-order valence-electron chi connectivity index (χ1n) is 7.02. The van der Waals surface area contributed by atoms with Crippen LogP contribution in [0.4, 0.5) is 5.82 Å². The van der Waals surface area contributed by atoms with Gasteiger partial charge in [0.25, 0.3) is 0 Å². The molecule has 1 atom stereocenters. The van der Waals surface area contributed by atoms with Crippen molar-refractivity contribution < 1.29 is 22.7 Å². The Bertz CT molecular complexity index is 707. The van der Waals surface area contributed by atoms with Crippen molar-refractivity contribution in [1.82, 2.24) is 4.98 Å². The van der Waals surface area contributed by atoms with Crippen molar-refractivity contribution in [1.29, 1.82) is 0 Å². The van der Waals surface area contributed by atoms with E-state index in [1.54, 1.807) is 6.07 Å². The maximum Gasteiger partial charge on any atom is 0.341 e. The Morgan fingerprint density at radius 3 is 2.83 bits per heavy atom. The number of rotatable bonds is 4. The highest BCUT2D eigenvalue weighted by Gasteiger charge is 2.26. The van der Waals surface area contributed by atoms with E-state index < -0.39 is 15.8 Å². The minimum Gasteiger partial charge on any atom is -0.465 e. The van der Waals surface area contributed by atoms with Crippen molar-refractivity contribution in [3.05, 3.63) is 22.3 Å². The van der Waals surface area contributed by atoms with Crippen molar-refractivity contribution in [3.8, 4) is 0 Å². The Balaban J connectivity index is 2.52. The molecule has 1 aromatic rings. The van der Waals surface area contributed by atoms with E-state index in [2.05, 4.69) is 9.72 Å². The molecule has 1 aliphatic rings. The summed E-state index contributed by atoms with van der Waals surface area (Å²) in [6.07, 6.45) is 1.10. The van der Waals surface area contributed by atoms with E-state index in [1.807, 2.05) is 11.8 Å². The zero-order valence-corrected chi connectivity index (χ0v) is 14.8. The quantitative estimate of drug-likeness (QED) is 0.589. The van der Waals surface area contributed by atoms with Crippen LogP contribution in [0.2, 0.25) is 5.15 Å². The van der Waals surface area contributed by atoms with Crippen LogP contribution in [0.1, 0.15) is 22.8 Å². The molecule has 0 amide bonds. The number of hydrogen-bond acceptors (Lipinski definition) is 7. The lowest BCUT2D eigenvalue weighted by Gasteiger charge is -2.34. The van der Waals surface area contributed by atoms with Crippen LogP contribution in [0.5, 0.6) is 0 Å². The smallest absolute Gasteiger partial charge is 0.341 e. The van der Waals surface area contributed by atoms with Gasteiger partial charge in [0.1, 0.15) is 16.5 Å². The highest BCUT2D eigenvalue weighted by molar-refractivity contribution is 7.89. The van der Waals surface area contributed by atoms with E-state index in [1.165, 1.54) is 7.11 Å². The van der Waals surface area contributed by atoms with Gasteiger partial charge in [0, 0.05) is 12.8 Å². The number of morpholine rings is 1. The number of nitrogens with zero attached hydrogens (tertiary/aromatic N) is 2. The first kappa shape index (κ1) is 18.0. The highest BCUT2D eigenvalue weighted by Crippen LogP contribution is 2.28. The number of hydrogen-bond donors (Lipinski definition) is 0. The van der Waals surface area contributed by atoms with Gasteiger partial charge in [0.05, 0.1) is 32.1 Å². The molecule has 0 saturated carbocycles. The van der Waals surface area contributed by atoms with Gasteiger partial charge in [-0.25, -0.2) is 18.2 Å². The molecule has 0 aromatic carbocycles. The van der Waals surface area contributed by atoms with Gasteiger partial charge in [-0.05, 0) is 18.6 Å². The number of pyridine rings is 1. The molecule has 7 nitrogen and oxygen atoms in total. The van der Waals surface area contributed by atoms with Crippen LogP contribution in [-0.2, 0) is 25.1 Å². The molecule has 1 aromatic heterocycles. The van der Waals surface area contributed by atoms with Gasteiger partial charge in [-0.15, -0.1) is 0 Å². The van der Waals surface area contributed by atoms with E-state index in [9.17, 15) is 13.2 Å². The number of anilines is 1. The predicted octanol–water partition coefficient (Wildman–Crippen LogP) is 1.29. The maximum atomic E-state index is 11.9. The molecule has 2 rings (SSSR count). The summed E-state index contributed by atoms with van der Waals surface area (Å²) in [6.45, 7) is 3.67. The van der Waals surface area contributed by atoms with Crippen LogP contribution in [0.15, 0.2) is 6.07 Å². The van der Waals surface area contributed by atoms with E-state index in [0.717, 1.165) is 6.26 Å². The number of carbonyl (C=O) groups excluding carboxylic acids is 1. The third-order valence-corrected chi connectivity index (χ3v) is 4.62. The van der Waals surface area contributed by atoms with Crippen LogP contribution in [0.25, 0.3) is 0 Å². The molecule has 1 aliphatic heterocycles. The van der Waals surface area contributed by atoms with Crippen LogP contribution >= 0.6 is 11.6 Å². The molecular formula is C14H19ClN2O5S. The maximum absolute atomic E-state index is 11.9. The summed E-state index contributed by atoms with van der Waals surface area (Å²) < 4.78 is 33.4. The minimum absolute atomic E-state index is 0.00995. The topological polar surface area (TPSA) is 85.8 Å². The molecule has 0 N–H and O–H groups in total. The van der Waals surface area contributed by atoms with Gasteiger partial charge in [-0.3, -0.25) is 0 Å². The fourth-order valence-electron chi connectivity index (χ4n) is 2.48. The molecule has 9 heteroatoms. The third kappa shape index (κ3) is 4.33. The number of esters is 1. The summed E-state index contributed by atoms with van der Waals surface area (Å²) in [5.41, 5.74) is 0.275. The zero-order valence-electron chi connectivity index (χ0n) is 13.2. The molecule has 128 valence electrons. The van der Waals surface area contributed by atoms with E-state index >= 15 is 0 Å². The van der Waals surface area contributed by atoms with E-state index in [4.69, 9.17) is 16.3 Å². The summed E-state index contributed by atoms with van der Waals surface area (Å²) in [6, 6.07) is 1.66. The molecule has 0 bridgehead atoms. The van der Waals surface area contributed by atoms with Gasteiger partial charge in [0.15, 0.2) is 9.84 Å². The molecule has 23 heavy (non-hydrogen) atoms. The number of ether oxygens (including phenoxy) is 2. The molecular weight excluding hydrogens is 344 g/mol. The fraction of sp³-hybridized carbons (Fsp3) is 0.571. The normalized spacial score (nSPS) is 18.8. The Kier molecular flexibility index (Phi) is 5.49. The first-order valence-corrected chi connectivity index (χ1v) is 9.46. The average molecular weight is 363 g/mol. The van der Waals surface area contributed by atoms with Gasteiger partial charge in [-0.1, -0.05) is 11.6 Å². The van der Waals surface area contributed by atoms with Crippen LogP contribution in [0.3, 0.4) is 0 Å². The Labute approximate surface area is 140 Å². The number of methoxy groups -OCH3 is 1. The van der Waals surface area contributed by atoms with Gasteiger partial charge in [0.2, 0.25) is 0 Å². The Hall–Kier alpha value is -1.38. The van der Waals surface area contributed by atoms with Crippen LogP contribution in [0, 0.1) is 0 Å². The number of sulfone groups is 1. The summed E-state index contributed by atoms with van der Waals surface area (Å²) in [7, 11) is -2.15. The van der Waals surface area contributed by atoms with E-state index in [-0.39, 0.29) is 28.1 Å². The monoisotopic (exact) mass is 362 g/mol. The number of aromatic nitrogens is 1. The van der Waals surface area contributed by atoms with Crippen molar-refractivity contribution >= 4 is 33.2 Å². The standard InChI is InChI=1S/C14H19ClN2O5S/c1-9-7-22-5-4-17(9)11-6-10(8-23(3,19)20)12(13(15)16-11)14(18)21-2/h6,9H,4-5,7-8H2,1-3H3/t9-/m1/s1. The predicted molar refractivity (Wildman–Crippen MR) is 86.8 cm³/mol. The molecule has 1 saturated heterocycles. The first-order chi connectivity index (χ1) is 10.7. The van der Waals surface area contributed by atoms with Crippen molar-refractivity contribution in [2.24, 2.45) is 0 Å². The SMILES string of the molecule is COC(=O)c1c(CS(C)(=O)=O)cc(N2CCOC[C@H]2C)nc1Cl. The van der Waals surface area contributed by atoms with Crippen LogP contribution in [-0.4, -0.2) is 58.5 Å². The molecule has 0 unspecified atom stereocenters. The second kappa shape index (κ2) is 7.02. The van der Waals surface area contributed by atoms with Crippen LogP contribution < -0.4 is 4.90 Å². The Morgan fingerprint density at radius 1 is 1.57 bits per heavy atom. The van der Waals surface area contributed by atoms with Crippen molar-refractivity contribution in [2.45, 2.75) is 18.7 Å². The molecule has 0 radical (unpaired) electrons. The third-order valence-electron chi connectivity index (χ3n) is 3.51. The molecule has 0 spiro atoms. The molecule has 0 aliphatic carbocycles. The molecule has 2 heterocycles. The van der Waals surface area contributed by atoms with Crippen molar-refractivity contribution in [2.75, 3.05) is 38.0 Å². The zero-order chi connectivity index (χ0) is 17.2. The Morgan fingerprint density at radius 2 is 2.26 bits per heavy atom. The lowest BCUT2D eigenvalue weighted by molar-refractivity contribution is 0.0599. The van der Waals surface area contributed by atoms with E-state index in [0.29, 0.717) is 25.6 Å². The molecule has 1 fully saturated rings. The minimum atomic E-state index is -3.36. The number of carbonyl (C=O) groups is 1. The summed E-state index contributed by atoms with van der Waals surface area (Å²) in [4.78, 5) is 18.1. The summed E-state index contributed by atoms with van der Waals surface area (Å²) >= 11 is 6.14. The highest BCUT2D eigenvalue weighted by atomic mass is 35.5. The van der Waals surface area contributed by atoms with Crippen molar-refractivity contribution in [3.63, 3.8) is 0 Å². The van der Waals surface area contributed by atoms with Gasteiger partial charge < -0.3 is 14.4 Å². The summed E-state index contributed by atoms with van der Waals surface area (Å²) in [5.74, 6) is -0.495. The average Bonchev–Trinajstić information content (AvgIpc) is 2.45. The fourth-order valence-corrected chi connectivity index (χ4v) is 3.56.